The fraction of sp³-hybridized carbons (Fsp3) is 0.812. The lowest BCUT2D eigenvalue weighted by atomic mass is 9.76. The first-order chi connectivity index (χ1) is 8.15. The summed E-state index contributed by atoms with van der Waals surface area (Å²) in [6.45, 7) is 13.7. The molecule has 0 bridgehead atoms. The van der Waals surface area contributed by atoms with Gasteiger partial charge in [0.15, 0.2) is 0 Å². The molecule has 0 radical (unpaired) electrons. The van der Waals surface area contributed by atoms with Crippen molar-refractivity contribution in [1.29, 1.82) is 0 Å². The minimum atomic E-state index is -0.715. The second-order valence-corrected chi connectivity index (χ2v) is 6.33. The standard InChI is InChI=1S/C9H18O2.C5H8.C2H6/c1-8(2,3)6-9(4,5)7(10)11;1-2-4-5-3-1;1-2/h6H2,1-5H3,(H,10,11);1-2H,3-5H2;1-2H3. The summed E-state index contributed by atoms with van der Waals surface area (Å²) in [4.78, 5) is 10.7. The molecule has 0 unspecified atom stereocenters. The first kappa shape index (κ1) is 19.5. The molecule has 1 N–H and O–H groups in total. The van der Waals surface area contributed by atoms with Gasteiger partial charge in [-0.2, -0.15) is 0 Å². The van der Waals surface area contributed by atoms with Crippen LogP contribution in [0.3, 0.4) is 0 Å². The third-order valence-electron chi connectivity index (χ3n) is 2.46. The number of rotatable bonds is 2. The summed E-state index contributed by atoms with van der Waals surface area (Å²) in [5.41, 5.74) is -0.514. The van der Waals surface area contributed by atoms with E-state index in [9.17, 15) is 4.79 Å². The van der Waals surface area contributed by atoms with E-state index in [0.29, 0.717) is 6.42 Å². The van der Waals surface area contributed by atoms with Crippen LogP contribution < -0.4 is 0 Å². The molecule has 108 valence electrons. The highest BCUT2D eigenvalue weighted by Gasteiger charge is 2.31. The van der Waals surface area contributed by atoms with Gasteiger partial charge >= 0.3 is 5.97 Å². The zero-order valence-electron chi connectivity index (χ0n) is 13.3. The van der Waals surface area contributed by atoms with Crippen molar-refractivity contribution in [3.8, 4) is 0 Å². The lowest BCUT2D eigenvalue weighted by Crippen LogP contribution is -2.28. The Balaban J connectivity index is 0. The molecule has 1 rings (SSSR count). The van der Waals surface area contributed by atoms with Gasteiger partial charge in [-0.3, -0.25) is 4.79 Å². The van der Waals surface area contributed by atoms with E-state index in [2.05, 4.69) is 32.9 Å². The SMILES string of the molecule is C1=CCCC1.CC.CC(C)(C)CC(C)(C)C(=O)O. The predicted molar refractivity (Wildman–Crippen MR) is 79.8 cm³/mol. The monoisotopic (exact) mass is 256 g/mol. The molecule has 0 amide bonds. The van der Waals surface area contributed by atoms with Gasteiger partial charge in [0.2, 0.25) is 0 Å². The van der Waals surface area contributed by atoms with Crippen molar-refractivity contribution in [2.24, 2.45) is 10.8 Å². The summed E-state index contributed by atoms with van der Waals surface area (Å²) in [6.07, 6.45) is 9.20. The van der Waals surface area contributed by atoms with Crippen LogP contribution in [0.15, 0.2) is 12.2 Å². The number of hydrogen-bond acceptors (Lipinski definition) is 1. The second-order valence-electron chi connectivity index (χ2n) is 6.33. The van der Waals surface area contributed by atoms with Gasteiger partial charge in [0.25, 0.3) is 0 Å². The average Bonchev–Trinajstić information content (AvgIpc) is 2.74. The van der Waals surface area contributed by atoms with Gasteiger partial charge in [-0.25, -0.2) is 0 Å². The molecular formula is C16H32O2. The van der Waals surface area contributed by atoms with Gasteiger partial charge in [-0.15, -0.1) is 0 Å². The molecule has 0 fully saturated rings. The Morgan fingerprint density at radius 1 is 1.06 bits per heavy atom. The lowest BCUT2D eigenvalue weighted by molar-refractivity contribution is -0.148. The summed E-state index contributed by atoms with van der Waals surface area (Å²) >= 11 is 0. The second kappa shape index (κ2) is 9.18. The van der Waals surface area contributed by atoms with Crippen LogP contribution in [0.5, 0.6) is 0 Å². The molecule has 2 heteroatoms. The van der Waals surface area contributed by atoms with Crippen molar-refractivity contribution in [3.05, 3.63) is 12.2 Å². The Hall–Kier alpha value is -0.790. The van der Waals surface area contributed by atoms with Crippen LogP contribution in [0, 0.1) is 10.8 Å². The summed E-state index contributed by atoms with van der Waals surface area (Å²) < 4.78 is 0. The normalized spacial score (nSPS) is 14.2. The Kier molecular flexibility index (Phi) is 9.97. The van der Waals surface area contributed by atoms with Crippen molar-refractivity contribution in [2.45, 2.75) is 74.1 Å². The zero-order valence-corrected chi connectivity index (χ0v) is 13.3. The molecule has 1 aliphatic carbocycles. The smallest absolute Gasteiger partial charge is 0.309 e. The summed E-state index contributed by atoms with van der Waals surface area (Å²) in [7, 11) is 0. The van der Waals surface area contributed by atoms with Crippen LogP contribution in [0.25, 0.3) is 0 Å². The largest absolute Gasteiger partial charge is 0.481 e. The van der Waals surface area contributed by atoms with Crippen molar-refractivity contribution in [1.82, 2.24) is 0 Å². The van der Waals surface area contributed by atoms with Gasteiger partial charge in [-0.1, -0.05) is 46.8 Å². The van der Waals surface area contributed by atoms with E-state index in [4.69, 9.17) is 5.11 Å². The summed E-state index contributed by atoms with van der Waals surface area (Å²) in [6, 6.07) is 0. The third kappa shape index (κ3) is 11.7. The van der Waals surface area contributed by atoms with Crippen molar-refractivity contribution in [2.75, 3.05) is 0 Å². The van der Waals surface area contributed by atoms with E-state index < -0.39 is 11.4 Å². The van der Waals surface area contributed by atoms with Crippen LogP contribution in [-0.4, -0.2) is 11.1 Å². The molecule has 0 saturated heterocycles. The molecule has 0 aromatic carbocycles. The van der Waals surface area contributed by atoms with Crippen molar-refractivity contribution < 1.29 is 9.90 Å². The van der Waals surface area contributed by atoms with Crippen LogP contribution in [0.4, 0.5) is 0 Å². The van der Waals surface area contributed by atoms with Crippen LogP contribution >= 0.6 is 0 Å². The maximum atomic E-state index is 10.7. The molecule has 0 saturated carbocycles. The molecule has 0 aromatic rings. The Morgan fingerprint density at radius 3 is 1.56 bits per heavy atom. The highest BCUT2D eigenvalue weighted by atomic mass is 16.4. The van der Waals surface area contributed by atoms with Crippen LogP contribution in [0.1, 0.15) is 74.1 Å². The first-order valence-electron chi connectivity index (χ1n) is 7.03. The number of carboxylic acid groups (broad SMARTS) is 1. The van der Waals surface area contributed by atoms with E-state index in [0.717, 1.165) is 0 Å². The number of carboxylic acids is 1. The van der Waals surface area contributed by atoms with Crippen LogP contribution in [-0.2, 0) is 4.79 Å². The summed E-state index contributed by atoms with van der Waals surface area (Å²) in [5, 5.41) is 8.80. The summed E-state index contributed by atoms with van der Waals surface area (Å²) in [5.74, 6) is -0.715. The average molecular weight is 256 g/mol. The number of aliphatic carboxylic acids is 1. The molecule has 18 heavy (non-hydrogen) atoms. The minimum absolute atomic E-state index is 0.0852. The lowest BCUT2D eigenvalue weighted by Gasteiger charge is -2.28. The van der Waals surface area contributed by atoms with Gasteiger partial charge in [0, 0.05) is 0 Å². The zero-order chi connectivity index (χ0) is 14.8. The van der Waals surface area contributed by atoms with Crippen molar-refractivity contribution in [3.63, 3.8) is 0 Å². The van der Waals surface area contributed by atoms with Crippen LogP contribution in [0.2, 0.25) is 0 Å². The van der Waals surface area contributed by atoms with Gasteiger partial charge < -0.3 is 5.11 Å². The van der Waals surface area contributed by atoms with E-state index in [-0.39, 0.29) is 5.41 Å². The van der Waals surface area contributed by atoms with E-state index >= 15 is 0 Å². The third-order valence-corrected chi connectivity index (χ3v) is 2.46. The van der Waals surface area contributed by atoms with E-state index in [1.165, 1.54) is 19.3 Å². The topological polar surface area (TPSA) is 37.3 Å². The molecule has 0 atom stereocenters. The van der Waals surface area contributed by atoms with Crippen molar-refractivity contribution >= 4 is 5.97 Å². The van der Waals surface area contributed by atoms with E-state index in [1.54, 1.807) is 13.8 Å². The molecular weight excluding hydrogens is 224 g/mol. The predicted octanol–water partition coefficient (Wildman–Crippen LogP) is 5.29. The Labute approximate surface area is 113 Å². The number of hydrogen-bond donors (Lipinski definition) is 1. The number of carbonyl (C=O) groups is 1. The highest BCUT2D eigenvalue weighted by Crippen LogP contribution is 2.32. The van der Waals surface area contributed by atoms with Gasteiger partial charge in [-0.05, 0) is 44.9 Å². The molecule has 0 spiro atoms. The Morgan fingerprint density at radius 2 is 1.44 bits per heavy atom. The minimum Gasteiger partial charge on any atom is -0.481 e. The first-order valence-corrected chi connectivity index (χ1v) is 7.03. The molecule has 0 heterocycles. The quantitative estimate of drug-likeness (QED) is 0.682. The fourth-order valence-electron chi connectivity index (χ4n) is 1.99. The maximum absolute atomic E-state index is 10.7. The Bertz CT molecular complexity index is 238. The van der Waals surface area contributed by atoms with Gasteiger partial charge in [0.1, 0.15) is 0 Å². The fourth-order valence-corrected chi connectivity index (χ4v) is 1.99. The van der Waals surface area contributed by atoms with Gasteiger partial charge in [0.05, 0.1) is 5.41 Å². The molecule has 0 aromatic heterocycles. The maximum Gasteiger partial charge on any atom is 0.309 e. The highest BCUT2D eigenvalue weighted by molar-refractivity contribution is 5.73. The number of allylic oxidation sites excluding steroid dienone is 2. The van der Waals surface area contributed by atoms with E-state index in [1.807, 2.05) is 13.8 Å². The molecule has 0 aliphatic heterocycles. The molecule has 2 nitrogen and oxygen atoms in total. The molecule has 1 aliphatic rings.